The molecule has 0 unspecified atom stereocenters. The Morgan fingerprint density at radius 3 is 2.53 bits per heavy atom. The fourth-order valence-corrected chi connectivity index (χ4v) is 3.54. The van der Waals surface area contributed by atoms with Crippen LogP contribution in [-0.4, -0.2) is 35.4 Å². The zero-order valence-corrected chi connectivity index (χ0v) is 19.8. The number of pyridine rings is 1. The maximum absolute atomic E-state index is 14.6. The van der Waals surface area contributed by atoms with Gasteiger partial charge in [-0.05, 0) is 42.8 Å². The van der Waals surface area contributed by atoms with E-state index in [4.69, 9.17) is 9.47 Å². The van der Waals surface area contributed by atoms with Gasteiger partial charge in [0, 0.05) is 30.4 Å². The number of hydrogen-bond acceptors (Lipinski definition) is 6. The highest BCUT2D eigenvalue weighted by Crippen LogP contribution is 2.35. The van der Waals surface area contributed by atoms with Crippen LogP contribution in [0.25, 0.3) is 11.1 Å². The number of nitrogens with one attached hydrogen (secondary N) is 2. The van der Waals surface area contributed by atoms with Crippen LogP contribution in [0, 0.1) is 11.6 Å². The van der Waals surface area contributed by atoms with Crippen molar-refractivity contribution in [2.75, 3.05) is 19.0 Å². The largest absolute Gasteiger partial charge is 0.505 e. The molecule has 3 aromatic rings. The number of esters is 1. The Labute approximate surface area is 205 Å². The number of benzene rings is 2. The maximum atomic E-state index is 14.6. The number of carbonyl (C=O) groups excluding carboxylic acids is 2. The molecule has 0 bridgehead atoms. The maximum Gasteiger partial charge on any atom is 0.319 e. The van der Waals surface area contributed by atoms with Crippen LogP contribution >= 0.6 is 0 Å². The standard InChI is InChI=1S/C25H25F2N3O6/c1-4-36-22(32)13-19(28-25(34)29-23-20(31)9-10-30(2)24(23)33)14-5-8-21(35-3)17(11-14)16-7-6-15(26)12-18(16)27/h5-12,19,31H,4,13H2,1-3H3,(H2,28,29,34)/t19-/m0/s1. The first kappa shape index (κ1) is 26.2. The first-order chi connectivity index (χ1) is 17.1. The number of ether oxygens (including phenoxy) is 2. The van der Waals surface area contributed by atoms with Crippen molar-refractivity contribution in [3.63, 3.8) is 0 Å². The third kappa shape index (κ3) is 5.98. The van der Waals surface area contributed by atoms with Crippen molar-refractivity contribution < 1.29 is 33.0 Å². The number of aryl methyl sites for hydroxylation is 1. The van der Waals surface area contributed by atoms with E-state index in [0.717, 1.165) is 12.1 Å². The van der Waals surface area contributed by atoms with Crippen LogP contribution in [-0.2, 0) is 16.6 Å². The van der Waals surface area contributed by atoms with Gasteiger partial charge in [0.15, 0.2) is 5.69 Å². The first-order valence-electron chi connectivity index (χ1n) is 10.9. The second-order valence-corrected chi connectivity index (χ2v) is 7.74. The Hall–Kier alpha value is -4.41. The highest BCUT2D eigenvalue weighted by molar-refractivity contribution is 5.91. The average Bonchev–Trinajstić information content (AvgIpc) is 2.83. The molecule has 190 valence electrons. The van der Waals surface area contributed by atoms with Gasteiger partial charge in [0.2, 0.25) is 0 Å². The van der Waals surface area contributed by atoms with Crippen LogP contribution < -0.4 is 20.9 Å². The van der Waals surface area contributed by atoms with Crippen LogP contribution in [0.3, 0.4) is 0 Å². The number of methoxy groups -OCH3 is 1. The Morgan fingerprint density at radius 2 is 1.86 bits per heavy atom. The van der Waals surface area contributed by atoms with Gasteiger partial charge in [-0.3, -0.25) is 9.59 Å². The van der Waals surface area contributed by atoms with Crippen molar-refractivity contribution in [1.82, 2.24) is 9.88 Å². The molecular weight excluding hydrogens is 476 g/mol. The van der Waals surface area contributed by atoms with E-state index in [1.165, 1.54) is 49.2 Å². The topological polar surface area (TPSA) is 119 Å². The monoisotopic (exact) mass is 501 g/mol. The minimum atomic E-state index is -0.980. The minimum Gasteiger partial charge on any atom is -0.505 e. The number of amides is 2. The van der Waals surface area contributed by atoms with Gasteiger partial charge in [0.05, 0.1) is 26.2 Å². The number of halogens is 2. The van der Waals surface area contributed by atoms with Crippen LogP contribution in [0.1, 0.15) is 24.9 Å². The van der Waals surface area contributed by atoms with Crippen LogP contribution in [0.15, 0.2) is 53.5 Å². The van der Waals surface area contributed by atoms with Gasteiger partial charge in [-0.25, -0.2) is 13.6 Å². The Balaban J connectivity index is 1.98. The minimum absolute atomic E-state index is 0.0483. The Bertz CT molecular complexity index is 1340. The average molecular weight is 501 g/mol. The third-order valence-electron chi connectivity index (χ3n) is 5.31. The predicted octanol–water partition coefficient (Wildman–Crippen LogP) is 3.86. The van der Waals surface area contributed by atoms with Crippen LogP contribution in [0.4, 0.5) is 19.3 Å². The molecule has 9 nitrogen and oxygen atoms in total. The van der Waals surface area contributed by atoms with Gasteiger partial charge < -0.3 is 29.8 Å². The number of nitrogens with zero attached hydrogens (tertiary/aromatic N) is 1. The van der Waals surface area contributed by atoms with Gasteiger partial charge in [-0.1, -0.05) is 6.07 Å². The lowest BCUT2D eigenvalue weighted by molar-refractivity contribution is -0.143. The molecule has 1 heterocycles. The van der Waals surface area contributed by atoms with Crippen molar-refractivity contribution in [3.8, 4) is 22.6 Å². The van der Waals surface area contributed by atoms with E-state index >= 15 is 0 Å². The summed E-state index contributed by atoms with van der Waals surface area (Å²) < 4.78 is 39.5. The number of carbonyl (C=O) groups is 2. The molecule has 11 heteroatoms. The summed E-state index contributed by atoms with van der Waals surface area (Å²) in [7, 11) is 2.83. The number of aromatic nitrogens is 1. The molecule has 0 spiro atoms. The van der Waals surface area contributed by atoms with Crippen LogP contribution in [0.5, 0.6) is 11.5 Å². The number of aromatic hydroxyl groups is 1. The number of urea groups is 1. The van der Waals surface area contributed by atoms with Gasteiger partial charge in [-0.15, -0.1) is 0 Å². The second kappa shape index (κ2) is 11.3. The molecule has 3 N–H and O–H groups in total. The predicted molar refractivity (Wildman–Crippen MR) is 128 cm³/mol. The summed E-state index contributed by atoms with van der Waals surface area (Å²) >= 11 is 0. The summed E-state index contributed by atoms with van der Waals surface area (Å²) in [4.78, 5) is 37.3. The summed E-state index contributed by atoms with van der Waals surface area (Å²) in [6, 6.07) is 7.03. The third-order valence-corrected chi connectivity index (χ3v) is 5.31. The molecule has 0 fully saturated rings. The van der Waals surface area contributed by atoms with E-state index < -0.39 is 41.0 Å². The summed E-state index contributed by atoms with van der Waals surface area (Å²) in [5.41, 5.74) is -0.310. The molecule has 0 aliphatic heterocycles. The van der Waals surface area contributed by atoms with Crippen molar-refractivity contribution in [2.45, 2.75) is 19.4 Å². The Morgan fingerprint density at radius 1 is 1.11 bits per heavy atom. The molecule has 2 aromatic carbocycles. The van der Waals surface area contributed by atoms with Crippen molar-refractivity contribution in [1.29, 1.82) is 0 Å². The summed E-state index contributed by atoms with van der Waals surface area (Å²) in [5.74, 6) is -2.35. The highest BCUT2D eigenvalue weighted by Gasteiger charge is 2.23. The summed E-state index contributed by atoms with van der Waals surface area (Å²) in [6.07, 6.45) is 1.04. The highest BCUT2D eigenvalue weighted by atomic mass is 19.1. The first-order valence-corrected chi connectivity index (χ1v) is 10.9. The van der Waals surface area contributed by atoms with Gasteiger partial charge in [0.25, 0.3) is 5.56 Å². The van der Waals surface area contributed by atoms with E-state index in [0.29, 0.717) is 5.56 Å². The van der Waals surface area contributed by atoms with Gasteiger partial charge >= 0.3 is 12.0 Å². The Kier molecular flexibility index (Phi) is 8.26. The van der Waals surface area contributed by atoms with Crippen molar-refractivity contribution in [2.24, 2.45) is 7.05 Å². The lowest BCUT2D eigenvalue weighted by atomic mass is 9.96. The van der Waals surface area contributed by atoms with E-state index in [-0.39, 0.29) is 35.6 Å². The molecule has 0 saturated heterocycles. The van der Waals surface area contributed by atoms with Crippen molar-refractivity contribution in [3.05, 3.63) is 76.2 Å². The quantitative estimate of drug-likeness (QED) is 0.404. The summed E-state index contributed by atoms with van der Waals surface area (Å²) in [6.45, 7) is 1.74. The fourth-order valence-electron chi connectivity index (χ4n) is 3.54. The van der Waals surface area contributed by atoms with E-state index in [1.54, 1.807) is 13.0 Å². The zero-order chi connectivity index (χ0) is 26.4. The smallest absolute Gasteiger partial charge is 0.319 e. The molecule has 0 aliphatic carbocycles. The van der Waals surface area contributed by atoms with E-state index in [2.05, 4.69) is 10.6 Å². The molecule has 0 saturated carbocycles. The van der Waals surface area contributed by atoms with Gasteiger partial charge in [0.1, 0.15) is 23.1 Å². The number of anilines is 1. The normalized spacial score (nSPS) is 11.5. The molecule has 2 amide bonds. The lowest BCUT2D eigenvalue weighted by Gasteiger charge is -2.21. The van der Waals surface area contributed by atoms with E-state index in [9.17, 15) is 28.3 Å². The SMILES string of the molecule is CCOC(=O)C[C@H](NC(=O)Nc1c(O)ccn(C)c1=O)c1ccc(OC)c(-c2ccc(F)cc2F)c1. The lowest BCUT2D eigenvalue weighted by Crippen LogP contribution is -2.36. The van der Waals surface area contributed by atoms with E-state index in [1.807, 2.05) is 0 Å². The molecule has 1 aromatic heterocycles. The molecule has 3 rings (SSSR count). The van der Waals surface area contributed by atoms with Gasteiger partial charge in [-0.2, -0.15) is 0 Å². The van der Waals surface area contributed by atoms with Crippen molar-refractivity contribution >= 4 is 17.7 Å². The molecule has 36 heavy (non-hydrogen) atoms. The zero-order valence-electron chi connectivity index (χ0n) is 19.8. The molecule has 0 radical (unpaired) electrons. The molecule has 1 atom stereocenters. The fraction of sp³-hybridized carbons (Fsp3) is 0.240. The molecule has 0 aliphatic rings. The second-order valence-electron chi connectivity index (χ2n) is 7.74. The number of hydrogen-bond donors (Lipinski definition) is 3. The number of rotatable bonds is 8. The summed E-state index contributed by atoms with van der Waals surface area (Å²) in [5, 5.41) is 14.9. The molecular formula is C25H25F2N3O6. The van der Waals surface area contributed by atoms with Crippen LogP contribution in [0.2, 0.25) is 0 Å².